The fraction of sp³-hybridized carbons (Fsp3) is 1.00. The SMILES string of the molecule is CC(O)N(C(C)O)C(C)O.Cl.[Ca+2].[H-].[H-]. The molecule has 0 aromatic heterocycles. The van der Waals surface area contributed by atoms with Crippen LogP contribution in [0.15, 0.2) is 0 Å². The van der Waals surface area contributed by atoms with Gasteiger partial charge in [-0.15, -0.1) is 12.4 Å². The normalized spacial score (nSPS) is 17.2. The predicted octanol–water partition coefficient (Wildman–Crippen LogP) is -0.431. The third-order valence-electron chi connectivity index (χ3n) is 1.29. The zero-order valence-electron chi connectivity index (χ0n) is 9.64. The van der Waals surface area contributed by atoms with Crippen molar-refractivity contribution in [3.8, 4) is 0 Å². The van der Waals surface area contributed by atoms with E-state index in [1.807, 2.05) is 0 Å². The molecule has 0 saturated carbocycles. The molecule has 0 fully saturated rings. The summed E-state index contributed by atoms with van der Waals surface area (Å²) in [4.78, 5) is 1.17. The summed E-state index contributed by atoms with van der Waals surface area (Å²) >= 11 is 0. The first-order valence-corrected chi connectivity index (χ1v) is 3.28. The van der Waals surface area contributed by atoms with Crippen LogP contribution in [-0.2, 0) is 0 Å². The van der Waals surface area contributed by atoms with E-state index in [0.29, 0.717) is 0 Å². The van der Waals surface area contributed by atoms with Gasteiger partial charge < -0.3 is 18.2 Å². The quantitative estimate of drug-likeness (QED) is 0.452. The number of aliphatic hydroxyl groups excluding tert-OH is 3. The largest absolute Gasteiger partial charge is 2.00 e. The first-order chi connectivity index (χ1) is 4.46. The van der Waals surface area contributed by atoms with Crippen LogP contribution in [0.3, 0.4) is 0 Å². The first-order valence-electron chi connectivity index (χ1n) is 3.28. The van der Waals surface area contributed by atoms with Crippen molar-refractivity contribution >= 4 is 50.1 Å². The van der Waals surface area contributed by atoms with Gasteiger partial charge >= 0.3 is 37.7 Å². The molecular weight excluding hydrogens is 210 g/mol. The van der Waals surface area contributed by atoms with E-state index in [1.54, 1.807) is 0 Å². The average molecular weight is 228 g/mol. The Morgan fingerprint density at radius 3 is 1.08 bits per heavy atom. The number of rotatable bonds is 3. The Morgan fingerprint density at radius 1 is 0.917 bits per heavy atom. The van der Waals surface area contributed by atoms with Gasteiger partial charge in [-0.25, -0.2) is 4.90 Å². The molecule has 0 amide bonds. The molecule has 3 N–H and O–H groups in total. The van der Waals surface area contributed by atoms with Crippen molar-refractivity contribution in [2.45, 2.75) is 39.5 Å². The van der Waals surface area contributed by atoms with E-state index in [-0.39, 0.29) is 53.0 Å². The van der Waals surface area contributed by atoms with Gasteiger partial charge in [0, 0.05) is 0 Å². The van der Waals surface area contributed by atoms with Gasteiger partial charge in [-0.3, -0.25) is 0 Å². The molecule has 74 valence electrons. The number of nitrogens with zero attached hydrogens (tertiary/aromatic N) is 1. The van der Waals surface area contributed by atoms with E-state index in [9.17, 15) is 0 Å². The molecule has 3 unspecified atom stereocenters. The standard InChI is InChI=1S/C6H15NO3.Ca.ClH.2H/c1-4(8)7(5(2)9)6(3)10;;;;/h4-6,8-10H,1-3H3;;1H;;/q;+2;;2*-1. The van der Waals surface area contributed by atoms with E-state index < -0.39 is 18.7 Å². The number of halogens is 1. The minimum atomic E-state index is -0.833. The van der Waals surface area contributed by atoms with E-state index >= 15 is 0 Å². The molecule has 4 nitrogen and oxygen atoms in total. The number of hydrogen-bond acceptors (Lipinski definition) is 4. The second kappa shape index (κ2) is 8.96. The Balaban J connectivity index is -0.0000000675. The minimum Gasteiger partial charge on any atom is -1.00 e. The molecule has 0 saturated heterocycles. The van der Waals surface area contributed by atoms with E-state index in [2.05, 4.69) is 0 Å². The maximum atomic E-state index is 8.96. The van der Waals surface area contributed by atoms with Gasteiger partial charge in [0.25, 0.3) is 0 Å². The van der Waals surface area contributed by atoms with E-state index in [0.717, 1.165) is 0 Å². The molecule has 0 aliphatic heterocycles. The van der Waals surface area contributed by atoms with Crippen LogP contribution in [0.25, 0.3) is 0 Å². The zero-order valence-corrected chi connectivity index (χ0v) is 10.7. The molecule has 0 heterocycles. The van der Waals surface area contributed by atoms with Crippen LogP contribution in [0.1, 0.15) is 23.6 Å². The van der Waals surface area contributed by atoms with Crippen LogP contribution in [0.2, 0.25) is 0 Å². The Morgan fingerprint density at radius 2 is 1.08 bits per heavy atom. The van der Waals surface area contributed by atoms with Crippen molar-refractivity contribution in [3.05, 3.63) is 0 Å². The van der Waals surface area contributed by atoms with Crippen LogP contribution < -0.4 is 0 Å². The van der Waals surface area contributed by atoms with Crippen molar-refractivity contribution in [3.63, 3.8) is 0 Å². The molecule has 0 aromatic carbocycles. The van der Waals surface area contributed by atoms with Gasteiger partial charge in [0.15, 0.2) is 0 Å². The van der Waals surface area contributed by atoms with Crippen molar-refractivity contribution in [1.29, 1.82) is 0 Å². The van der Waals surface area contributed by atoms with Gasteiger partial charge in [-0.2, -0.15) is 0 Å². The fourth-order valence-corrected chi connectivity index (χ4v) is 0.937. The summed E-state index contributed by atoms with van der Waals surface area (Å²) in [5, 5.41) is 26.9. The summed E-state index contributed by atoms with van der Waals surface area (Å²) < 4.78 is 0. The Labute approximate surface area is 112 Å². The summed E-state index contributed by atoms with van der Waals surface area (Å²) in [7, 11) is 0. The minimum absolute atomic E-state index is 0. The molecule has 0 rings (SSSR count). The third-order valence-corrected chi connectivity index (χ3v) is 1.29. The monoisotopic (exact) mass is 227 g/mol. The van der Waals surface area contributed by atoms with Crippen molar-refractivity contribution in [2.24, 2.45) is 0 Å². The first kappa shape index (κ1) is 19.0. The van der Waals surface area contributed by atoms with Crippen molar-refractivity contribution in [1.82, 2.24) is 4.90 Å². The van der Waals surface area contributed by atoms with Gasteiger partial charge in [0.2, 0.25) is 0 Å². The summed E-state index contributed by atoms with van der Waals surface area (Å²) in [6, 6.07) is 0. The Hall–Kier alpha value is 1.39. The molecule has 0 aliphatic rings. The van der Waals surface area contributed by atoms with E-state index in [1.165, 1.54) is 25.7 Å². The molecule has 6 heteroatoms. The molecule has 12 heavy (non-hydrogen) atoms. The summed E-state index contributed by atoms with van der Waals surface area (Å²) in [5.74, 6) is 0. The number of aliphatic hydroxyl groups is 3. The topological polar surface area (TPSA) is 63.9 Å². The van der Waals surface area contributed by atoms with Crippen molar-refractivity contribution < 1.29 is 18.2 Å². The fourth-order valence-electron chi connectivity index (χ4n) is 0.937. The van der Waals surface area contributed by atoms with Crippen LogP contribution in [0.4, 0.5) is 0 Å². The maximum absolute atomic E-state index is 8.96. The Kier molecular flexibility index (Phi) is 14.2. The van der Waals surface area contributed by atoms with Gasteiger partial charge in [-0.05, 0) is 20.8 Å². The van der Waals surface area contributed by atoms with Gasteiger partial charge in [0.05, 0.1) is 0 Å². The van der Waals surface area contributed by atoms with Gasteiger partial charge in [-0.1, -0.05) is 0 Å². The number of hydrogen-bond donors (Lipinski definition) is 3. The van der Waals surface area contributed by atoms with Crippen molar-refractivity contribution in [2.75, 3.05) is 0 Å². The maximum Gasteiger partial charge on any atom is 2.00 e. The summed E-state index contributed by atoms with van der Waals surface area (Å²) in [6.45, 7) is 4.46. The summed E-state index contributed by atoms with van der Waals surface area (Å²) in [5.41, 5.74) is 0. The second-order valence-electron chi connectivity index (χ2n) is 2.34. The molecule has 0 radical (unpaired) electrons. The molecule has 0 bridgehead atoms. The zero-order chi connectivity index (χ0) is 8.31. The van der Waals surface area contributed by atoms with Crippen LogP contribution in [-0.4, -0.2) is 76.6 Å². The Bertz CT molecular complexity index is 92.1. The average Bonchev–Trinajstić information content (AvgIpc) is 1.59. The van der Waals surface area contributed by atoms with Crippen LogP contribution in [0, 0.1) is 0 Å². The molecule has 0 aliphatic carbocycles. The van der Waals surface area contributed by atoms with Crippen LogP contribution >= 0.6 is 12.4 Å². The smallest absolute Gasteiger partial charge is 1.00 e. The molecule has 0 aromatic rings. The van der Waals surface area contributed by atoms with E-state index in [4.69, 9.17) is 15.3 Å². The molecule has 3 atom stereocenters. The van der Waals surface area contributed by atoms with Gasteiger partial charge in [0.1, 0.15) is 18.7 Å². The third kappa shape index (κ3) is 6.86. The van der Waals surface area contributed by atoms with Crippen LogP contribution in [0.5, 0.6) is 0 Å². The summed E-state index contributed by atoms with van der Waals surface area (Å²) in [6.07, 6.45) is -2.50. The second-order valence-corrected chi connectivity index (χ2v) is 2.34. The predicted molar refractivity (Wildman–Crippen MR) is 52.1 cm³/mol. The molecular formula is C6H18CaClNO3. The molecule has 0 spiro atoms.